The van der Waals surface area contributed by atoms with Crippen molar-refractivity contribution >= 4 is 27.5 Å². The quantitative estimate of drug-likeness (QED) is 0.270. The summed E-state index contributed by atoms with van der Waals surface area (Å²) in [5.41, 5.74) is 1.11. The molecule has 0 aromatic heterocycles. The van der Waals surface area contributed by atoms with Gasteiger partial charge < -0.3 is 19.7 Å². The largest absolute Gasteiger partial charge is 0.497 e. The predicted octanol–water partition coefficient (Wildman–Crippen LogP) is 4.68. The lowest BCUT2D eigenvalue weighted by Crippen LogP contribution is -2.51. The third-order valence-electron chi connectivity index (χ3n) is 6.84. The molecule has 0 fully saturated rings. The van der Waals surface area contributed by atoms with Crippen LogP contribution in [0.2, 0.25) is 0 Å². The van der Waals surface area contributed by atoms with Crippen molar-refractivity contribution in [2.45, 2.75) is 51.1 Å². The molecule has 0 aliphatic carbocycles. The van der Waals surface area contributed by atoms with E-state index in [4.69, 9.17) is 9.47 Å². The van der Waals surface area contributed by atoms with Gasteiger partial charge in [-0.2, -0.15) is 0 Å². The number of carbonyl (C=O) groups is 2. The van der Waals surface area contributed by atoms with Gasteiger partial charge in [0, 0.05) is 24.7 Å². The number of sulfonamides is 1. The molecule has 3 aromatic rings. The van der Waals surface area contributed by atoms with Crippen molar-refractivity contribution in [2.24, 2.45) is 0 Å². The van der Waals surface area contributed by atoms with E-state index in [1.54, 1.807) is 24.3 Å². The van der Waals surface area contributed by atoms with Crippen LogP contribution in [-0.4, -0.2) is 58.5 Å². The van der Waals surface area contributed by atoms with Crippen molar-refractivity contribution in [1.29, 1.82) is 0 Å². The standard InChI is InChI=1S/C31H38FN3O6S/c1-6-7-18-33-31(37)23(3)34(20-24-10-8-9-11-27(24)32)30(36)21-35(28-19-25(40-4)14-17-29(28)41-5)42(38,39)26-15-12-22(2)13-16-26/h8-17,19,23H,6-7,18,20-21H2,1-5H3,(H,33,37). The fourth-order valence-electron chi connectivity index (χ4n) is 4.27. The maximum Gasteiger partial charge on any atom is 0.264 e. The number of hydrogen-bond donors (Lipinski definition) is 1. The van der Waals surface area contributed by atoms with E-state index >= 15 is 0 Å². The normalized spacial score (nSPS) is 11.9. The molecule has 42 heavy (non-hydrogen) atoms. The summed E-state index contributed by atoms with van der Waals surface area (Å²) < 4.78 is 54.6. The van der Waals surface area contributed by atoms with Crippen molar-refractivity contribution in [3.05, 3.63) is 83.7 Å². The van der Waals surface area contributed by atoms with Crippen LogP contribution in [-0.2, 0) is 26.2 Å². The molecule has 0 aliphatic heterocycles. The molecule has 0 bridgehead atoms. The number of nitrogens with one attached hydrogen (secondary N) is 1. The molecule has 0 spiro atoms. The van der Waals surface area contributed by atoms with Gasteiger partial charge in [0.1, 0.15) is 29.9 Å². The van der Waals surface area contributed by atoms with E-state index in [1.807, 2.05) is 13.8 Å². The first-order valence-electron chi connectivity index (χ1n) is 13.7. The lowest BCUT2D eigenvalue weighted by atomic mass is 10.1. The predicted molar refractivity (Wildman–Crippen MR) is 160 cm³/mol. The monoisotopic (exact) mass is 599 g/mol. The lowest BCUT2D eigenvalue weighted by molar-refractivity contribution is -0.139. The molecule has 1 unspecified atom stereocenters. The highest BCUT2D eigenvalue weighted by atomic mass is 32.2. The summed E-state index contributed by atoms with van der Waals surface area (Å²) in [6, 6.07) is 15.7. The first kappa shape index (κ1) is 32.4. The zero-order valence-electron chi connectivity index (χ0n) is 24.6. The molecular formula is C31H38FN3O6S. The van der Waals surface area contributed by atoms with Crippen LogP contribution >= 0.6 is 0 Å². The van der Waals surface area contributed by atoms with E-state index in [0.717, 1.165) is 22.7 Å². The van der Waals surface area contributed by atoms with Crippen molar-refractivity contribution in [3.63, 3.8) is 0 Å². The molecule has 3 aromatic carbocycles. The molecule has 1 N–H and O–H groups in total. The summed E-state index contributed by atoms with van der Waals surface area (Å²) in [4.78, 5) is 28.3. The Bertz CT molecular complexity index is 1480. The molecule has 0 saturated carbocycles. The second kappa shape index (κ2) is 14.7. The fraction of sp³-hybridized carbons (Fsp3) is 0.355. The molecule has 0 heterocycles. The van der Waals surface area contributed by atoms with E-state index in [-0.39, 0.29) is 28.4 Å². The number of unbranched alkanes of at least 4 members (excludes halogenated alkanes) is 1. The van der Waals surface area contributed by atoms with Crippen LogP contribution in [0.5, 0.6) is 11.5 Å². The van der Waals surface area contributed by atoms with Gasteiger partial charge in [-0.05, 0) is 50.6 Å². The van der Waals surface area contributed by atoms with E-state index in [1.165, 1.54) is 68.5 Å². The highest BCUT2D eigenvalue weighted by molar-refractivity contribution is 7.92. The van der Waals surface area contributed by atoms with Gasteiger partial charge in [-0.1, -0.05) is 49.2 Å². The molecule has 9 nitrogen and oxygen atoms in total. The first-order valence-corrected chi connectivity index (χ1v) is 15.1. The maximum atomic E-state index is 14.7. The summed E-state index contributed by atoms with van der Waals surface area (Å²) >= 11 is 0. The van der Waals surface area contributed by atoms with Gasteiger partial charge in [0.2, 0.25) is 11.8 Å². The van der Waals surface area contributed by atoms with E-state index < -0.39 is 40.2 Å². The number of aryl methyl sites for hydroxylation is 1. The number of hydrogen-bond acceptors (Lipinski definition) is 6. The van der Waals surface area contributed by atoms with E-state index in [2.05, 4.69) is 5.32 Å². The molecule has 0 saturated heterocycles. The molecule has 0 radical (unpaired) electrons. The number of anilines is 1. The van der Waals surface area contributed by atoms with Crippen LogP contribution in [0, 0.1) is 12.7 Å². The molecule has 1 atom stereocenters. The number of carbonyl (C=O) groups excluding carboxylic acids is 2. The third-order valence-corrected chi connectivity index (χ3v) is 8.61. The second-order valence-corrected chi connectivity index (χ2v) is 11.7. The highest BCUT2D eigenvalue weighted by Crippen LogP contribution is 2.36. The van der Waals surface area contributed by atoms with Gasteiger partial charge >= 0.3 is 0 Å². The molecule has 0 aliphatic rings. The molecular weight excluding hydrogens is 561 g/mol. The van der Waals surface area contributed by atoms with Crippen LogP contribution in [0.25, 0.3) is 0 Å². The Balaban J connectivity index is 2.10. The van der Waals surface area contributed by atoms with Crippen molar-refractivity contribution < 1.29 is 31.9 Å². The number of rotatable bonds is 14. The van der Waals surface area contributed by atoms with Gasteiger partial charge in [0.05, 0.1) is 24.8 Å². The second-order valence-electron chi connectivity index (χ2n) is 9.80. The number of ether oxygens (including phenoxy) is 2. The van der Waals surface area contributed by atoms with Crippen LogP contribution in [0.3, 0.4) is 0 Å². The van der Waals surface area contributed by atoms with Crippen molar-refractivity contribution in [2.75, 3.05) is 31.6 Å². The smallest absolute Gasteiger partial charge is 0.264 e. The van der Waals surface area contributed by atoms with E-state index in [0.29, 0.717) is 12.3 Å². The number of amides is 2. The minimum absolute atomic E-state index is 0.0446. The van der Waals surface area contributed by atoms with Gasteiger partial charge in [-0.15, -0.1) is 0 Å². The topological polar surface area (TPSA) is 105 Å². The Morgan fingerprint density at radius 1 is 1.00 bits per heavy atom. The lowest BCUT2D eigenvalue weighted by Gasteiger charge is -2.32. The summed E-state index contributed by atoms with van der Waals surface area (Å²) in [5, 5.41) is 2.80. The summed E-state index contributed by atoms with van der Waals surface area (Å²) in [6.07, 6.45) is 1.61. The van der Waals surface area contributed by atoms with E-state index in [9.17, 15) is 22.4 Å². The van der Waals surface area contributed by atoms with Crippen LogP contribution in [0.15, 0.2) is 71.6 Å². The highest BCUT2D eigenvalue weighted by Gasteiger charge is 2.34. The Morgan fingerprint density at radius 2 is 1.69 bits per heavy atom. The molecule has 3 rings (SSSR count). The molecule has 2 amide bonds. The average molecular weight is 600 g/mol. The summed E-state index contributed by atoms with van der Waals surface area (Å²) in [7, 11) is -1.50. The van der Waals surface area contributed by atoms with Crippen molar-refractivity contribution in [3.8, 4) is 11.5 Å². The van der Waals surface area contributed by atoms with Gasteiger partial charge in [-0.3, -0.25) is 13.9 Å². The fourth-order valence-corrected chi connectivity index (χ4v) is 5.69. The minimum Gasteiger partial charge on any atom is -0.497 e. The van der Waals surface area contributed by atoms with Crippen LogP contribution in [0.4, 0.5) is 10.1 Å². The van der Waals surface area contributed by atoms with Gasteiger partial charge in [-0.25, -0.2) is 12.8 Å². The van der Waals surface area contributed by atoms with Crippen molar-refractivity contribution in [1.82, 2.24) is 10.2 Å². The third kappa shape index (κ3) is 7.79. The minimum atomic E-state index is -4.33. The molecule has 11 heteroatoms. The number of halogens is 1. The summed E-state index contributed by atoms with van der Waals surface area (Å²) in [5.74, 6) is -1.16. The number of benzene rings is 3. The zero-order chi connectivity index (χ0) is 30.9. The van der Waals surface area contributed by atoms with Gasteiger partial charge in [0.25, 0.3) is 10.0 Å². The van der Waals surface area contributed by atoms with Crippen LogP contribution in [0.1, 0.15) is 37.8 Å². The SMILES string of the molecule is CCCCNC(=O)C(C)N(Cc1ccccc1F)C(=O)CN(c1cc(OC)ccc1OC)S(=O)(=O)c1ccc(C)cc1. The zero-order valence-corrected chi connectivity index (χ0v) is 25.4. The number of nitrogens with zero attached hydrogens (tertiary/aromatic N) is 2. The Morgan fingerprint density at radius 3 is 2.31 bits per heavy atom. The number of methoxy groups -OCH3 is 2. The summed E-state index contributed by atoms with van der Waals surface area (Å²) in [6.45, 7) is 4.82. The Hall–Kier alpha value is -4.12. The van der Waals surface area contributed by atoms with Gasteiger partial charge in [0.15, 0.2) is 0 Å². The average Bonchev–Trinajstić information content (AvgIpc) is 2.98. The first-order chi connectivity index (χ1) is 20.0. The van der Waals surface area contributed by atoms with Crippen LogP contribution < -0.4 is 19.1 Å². The Labute approximate surface area is 247 Å². The molecule has 226 valence electrons. The maximum absolute atomic E-state index is 14.7. The Kier molecular flexibility index (Phi) is 11.3.